The van der Waals surface area contributed by atoms with Crippen LogP contribution in [0.4, 0.5) is 11.5 Å². The molecule has 0 aliphatic carbocycles. The van der Waals surface area contributed by atoms with Crippen LogP contribution in [0.2, 0.25) is 0 Å². The number of hydrogen-bond acceptors (Lipinski definition) is 5. The van der Waals surface area contributed by atoms with E-state index in [0.717, 1.165) is 43.1 Å². The highest BCUT2D eigenvalue weighted by molar-refractivity contribution is 9.10. The second-order valence-electron chi connectivity index (χ2n) is 5.77. The van der Waals surface area contributed by atoms with E-state index in [4.69, 9.17) is 4.74 Å². The number of para-hydroxylation sites is 2. The minimum Gasteiger partial charge on any atom is -0.495 e. The number of anilines is 2. The maximum Gasteiger partial charge on any atom is 0.143 e. The quantitative estimate of drug-likeness (QED) is 0.423. The molecule has 4 rings (SSSR count). The van der Waals surface area contributed by atoms with Gasteiger partial charge in [0.25, 0.3) is 0 Å². The lowest BCUT2D eigenvalue weighted by molar-refractivity contribution is 0.417. The molecule has 2 aromatic carbocycles. The Morgan fingerprint density at radius 3 is 2.58 bits per heavy atom. The number of nitrogens with one attached hydrogen (secondary N) is 1. The summed E-state index contributed by atoms with van der Waals surface area (Å²) in [7, 11) is 1.66. The van der Waals surface area contributed by atoms with Crippen molar-refractivity contribution in [2.24, 2.45) is 0 Å². The monoisotopic (exact) mass is 425 g/mol. The predicted octanol–water partition coefficient (Wildman–Crippen LogP) is 6.18. The van der Waals surface area contributed by atoms with Gasteiger partial charge < -0.3 is 10.1 Å². The maximum atomic E-state index is 5.45. The lowest BCUT2D eigenvalue weighted by Gasteiger charge is -2.12. The van der Waals surface area contributed by atoms with Crippen LogP contribution < -0.4 is 10.1 Å². The number of aromatic nitrogens is 2. The van der Waals surface area contributed by atoms with Crippen LogP contribution in [-0.4, -0.2) is 17.1 Å². The van der Waals surface area contributed by atoms with E-state index >= 15 is 0 Å². The van der Waals surface area contributed by atoms with E-state index in [9.17, 15) is 0 Å². The summed E-state index contributed by atoms with van der Waals surface area (Å²) in [6.45, 7) is 2.12. The van der Waals surface area contributed by atoms with Gasteiger partial charge in [0, 0.05) is 14.9 Å². The number of ether oxygens (including phenoxy) is 1. The Hall–Kier alpha value is -2.44. The Labute approximate surface area is 164 Å². The van der Waals surface area contributed by atoms with Crippen LogP contribution in [-0.2, 0) is 0 Å². The van der Waals surface area contributed by atoms with Crippen molar-refractivity contribution >= 4 is 49.0 Å². The Morgan fingerprint density at radius 2 is 1.81 bits per heavy atom. The minimum atomic E-state index is 0.774. The fourth-order valence-electron chi connectivity index (χ4n) is 2.98. The molecule has 0 amide bonds. The van der Waals surface area contributed by atoms with E-state index in [1.807, 2.05) is 24.3 Å². The zero-order valence-corrected chi connectivity index (χ0v) is 16.7. The Bertz CT molecular complexity index is 1080. The second-order valence-corrected chi connectivity index (χ2v) is 7.89. The molecule has 0 bridgehead atoms. The number of fused-ring (bicyclic) bond motifs is 1. The van der Waals surface area contributed by atoms with Gasteiger partial charge in [-0.3, -0.25) is 0 Å². The first-order chi connectivity index (χ1) is 12.7. The molecule has 130 valence electrons. The normalized spacial score (nSPS) is 10.9. The van der Waals surface area contributed by atoms with Gasteiger partial charge in [0.1, 0.15) is 22.7 Å². The van der Waals surface area contributed by atoms with Gasteiger partial charge in [-0.25, -0.2) is 9.97 Å². The van der Waals surface area contributed by atoms with Crippen LogP contribution >= 0.6 is 27.3 Å². The highest BCUT2D eigenvalue weighted by Crippen LogP contribution is 2.41. The van der Waals surface area contributed by atoms with E-state index in [-0.39, 0.29) is 0 Å². The van der Waals surface area contributed by atoms with Gasteiger partial charge >= 0.3 is 0 Å². The summed E-state index contributed by atoms with van der Waals surface area (Å²) in [5.41, 5.74) is 3.19. The first-order valence-electron chi connectivity index (χ1n) is 8.07. The van der Waals surface area contributed by atoms with E-state index in [1.54, 1.807) is 24.8 Å². The zero-order valence-electron chi connectivity index (χ0n) is 14.3. The molecule has 6 heteroatoms. The van der Waals surface area contributed by atoms with Gasteiger partial charge in [-0.2, -0.15) is 0 Å². The van der Waals surface area contributed by atoms with Crippen LogP contribution in [0.5, 0.6) is 5.75 Å². The molecule has 0 aliphatic rings. The van der Waals surface area contributed by atoms with Crippen molar-refractivity contribution in [3.8, 4) is 16.9 Å². The fourth-order valence-corrected chi connectivity index (χ4v) is 4.26. The van der Waals surface area contributed by atoms with Crippen molar-refractivity contribution in [2.45, 2.75) is 6.92 Å². The first kappa shape index (κ1) is 17.0. The summed E-state index contributed by atoms with van der Waals surface area (Å²) in [6, 6.07) is 16.1. The predicted molar refractivity (Wildman–Crippen MR) is 112 cm³/mol. The van der Waals surface area contributed by atoms with Crippen molar-refractivity contribution in [1.29, 1.82) is 0 Å². The van der Waals surface area contributed by atoms with Crippen molar-refractivity contribution in [2.75, 3.05) is 12.4 Å². The Balaban J connectivity index is 1.89. The van der Waals surface area contributed by atoms with E-state index in [0.29, 0.717) is 0 Å². The van der Waals surface area contributed by atoms with Gasteiger partial charge in [-0.05, 0) is 36.8 Å². The molecule has 0 saturated heterocycles. The lowest BCUT2D eigenvalue weighted by Crippen LogP contribution is -1.98. The molecular weight excluding hydrogens is 410 g/mol. The number of benzene rings is 2. The molecule has 26 heavy (non-hydrogen) atoms. The Kier molecular flexibility index (Phi) is 4.61. The summed E-state index contributed by atoms with van der Waals surface area (Å²) in [6.07, 6.45) is 1.60. The molecule has 4 aromatic rings. The molecule has 1 N–H and O–H groups in total. The SMILES string of the molecule is COc1ccccc1Nc1ncnc2sc(C)c(-c3ccc(Br)cc3)c12. The molecule has 2 heterocycles. The van der Waals surface area contributed by atoms with Crippen LogP contribution in [0, 0.1) is 6.92 Å². The van der Waals surface area contributed by atoms with Crippen LogP contribution in [0.3, 0.4) is 0 Å². The number of aryl methyl sites for hydroxylation is 1. The van der Waals surface area contributed by atoms with E-state index < -0.39 is 0 Å². The number of halogens is 1. The largest absolute Gasteiger partial charge is 0.495 e. The minimum absolute atomic E-state index is 0.774. The average Bonchev–Trinajstić information content (AvgIpc) is 3.00. The molecular formula is C20H16BrN3OS. The third kappa shape index (κ3) is 3.06. The summed E-state index contributed by atoms with van der Waals surface area (Å²) >= 11 is 5.18. The average molecular weight is 426 g/mol. The highest BCUT2D eigenvalue weighted by atomic mass is 79.9. The maximum absolute atomic E-state index is 5.45. The summed E-state index contributed by atoms with van der Waals surface area (Å²) < 4.78 is 6.51. The number of methoxy groups -OCH3 is 1. The molecule has 0 saturated carbocycles. The molecule has 0 radical (unpaired) electrons. The van der Waals surface area contributed by atoms with Crippen LogP contribution in [0.25, 0.3) is 21.3 Å². The third-order valence-corrected chi connectivity index (χ3v) is 5.70. The molecule has 2 aromatic heterocycles. The third-order valence-electron chi connectivity index (χ3n) is 4.16. The van der Waals surface area contributed by atoms with Crippen molar-refractivity contribution in [3.05, 3.63) is 64.2 Å². The van der Waals surface area contributed by atoms with Crippen molar-refractivity contribution in [1.82, 2.24) is 9.97 Å². The summed E-state index contributed by atoms with van der Waals surface area (Å²) in [5.74, 6) is 1.55. The summed E-state index contributed by atoms with van der Waals surface area (Å²) in [4.78, 5) is 11.2. The first-order valence-corrected chi connectivity index (χ1v) is 9.68. The molecule has 0 aliphatic heterocycles. The highest BCUT2D eigenvalue weighted by Gasteiger charge is 2.17. The van der Waals surface area contributed by atoms with Gasteiger partial charge in [0.05, 0.1) is 18.2 Å². The van der Waals surface area contributed by atoms with Gasteiger partial charge in [0.2, 0.25) is 0 Å². The number of rotatable bonds is 4. The second kappa shape index (κ2) is 7.05. The molecule has 0 fully saturated rings. The van der Waals surface area contributed by atoms with Gasteiger partial charge in [-0.15, -0.1) is 11.3 Å². The topological polar surface area (TPSA) is 47.0 Å². The van der Waals surface area contributed by atoms with Crippen molar-refractivity contribution in [3.63, 3.8) is 0 Å². The number of nitrogens with zero attached hydrogens (tertiary/aromatic N) is 2. The van der Waals surface area contributed by atoms with E-state index in [2.05, 4.69) is 62.4 Å². The molecule has 0 atom stereocenters. The number of thiophene rings is 1. The van der Waals surface area contributed by atoms with E-state index in [1.165, 1.54) is 4.88 Å². The van der Waals surface area contributed by atoms with Gasteiger partial charge in [-0.1, -0.05) is 40.2 Å². The Morgan fingerprint density at radius 1 is 1.04 bits per heavy atom. The lowest BCUT2D eigenvalue weighted by atomic mass is 10.0. The fraction of sp³-hybridized carbons (Fsp3) is 0.100. The molecule has 0 unspecified atom stereocenters. The standard InChI is InChI=1S/C20H16BrN3OS/c1-12-17(13-7-9-14(21)10-8-13)18-19(22-11-23-20(18)26-12)24-15-5-3-4-6-16(15)25-2/h3-11H,1-2H3,(H,22,23,24). The van der Waals surface area contributed by atoms with Crippen molar-refractivity contribution < 1.29 is 4.74 Å². The van der Waals surface area contributed by atoms with Crippen LogP contribution in [0.15, 0.2) is 59.3 Å². The molecule has 0 spiro atoms. The zero-order chi connectivity index (χ0) is 18.1. The smallest absolute Gasteiger partial charge is 0.143 e. The number of hydrogen-bond donors (Lipinski definition) is 1. The molecule has 4 nitrogen and oxygen atoms in total. The van der Waals surface area contributed by atoms with Gasteiger partial charge in [0.15, 0.2) is 0 Å². The van der Waals surface area contributed by atoms with Crippen LogP contribution in [0.1, 0.15) is 4.88 Å². The summed E-state index contributed by atoms with van der Waals surface area (Å²) in [5, 5.41) is 4.45.